The van der Waals surface area contributed by atoms with Crippen LogP contribution < -0.4 is 4.74 Å². The number of carbonyl (C=O) groups is 1. The van der Waals surface area contributed by atoms with Gasteiger partial charge in [-0.15, -0.1) is 0 Å². The van der Waals surface area contributed by atoms with Crippen LogP contribution in [0.2, 0.25) is 5.02 Å². The van der Waals surface area contributed by atoms with Gasteiger partial charge in [-0.2, -0.15) is 0 Å². The fraction of sp³-hybridized carbons (Fsp3) is 0.433. The predicted octanol–water partition coefficient (Wildman–Crippen LogP) is 4.37. The smallest absolute Gasteiger partial charge is 0.306 e. The molecular weight excluding hydrogens is 554 g/mol. The van der Waals surface area contributed by atoms with Gasteiger partial charge in [0, 0.05) is 23.8 Å². The molecule has 0 heterocycles. The van der Waals surface area contributed by atoms with E-state index in [1.807, 2.05) is 12.2 Å². The molecule has 5 N–H and O–H groups in total. The lowest BCUT2D eigenvalue weighted by Crippen LogP contribution is -2.21. The molecule has 0 spiro atoms. The van der Waals surface area contributed by atoms with Crippen LogP contribution in [0.4, 0.5) is 0 Å². The Bertz CT molecular complexity index is 1140. The summed E-state index contributed by atoms with van der Waals surface area (Å²) in [6.07, 6.45) is 7.23. The van der Waals surface area contributed by atoms with Gasteiger partial charge in [0.05, 0.1) is 24.2 Å². The van der Waals surface area contributed by atoms with Crippen LogP contribution in [0.5, 0.6) is 5.75 Å². The molecule has 10 nitrogen and oxygen atoms in total. The van der Waals surface area contributed by atoms with Gasteiger partial charge in [0.25, 0.3) is 0 Å². The lowest BCUT2D eigenvalue weighted by Gasteiger charge is -2.19. The van der Waals surface area contributed by atoms with Crippen molar-refractivity contribution < 1.29 is 44.8 Å². The third-order valence-corrected chi connectivity index (χ3v) is 7.09. The number of unbranched alkanes of at least 4 members (excludes halogenated alkanes) is 1. The van der Waals surface area contributed by atoms with Crippen molar-refractivity contribution in [3.05, 3.63) is 89.0 Å². The highest BCUT2D eigenvalue weighted by Gasteiger charge is 2.39. The topological polar surface area (TPSA) is 149 Å². The fourth-order valence-electron chi connectivity index (χ4n) is 4.69. The number of hydrogen-bond donors (Lipinski definition) is 5. The molecule has 11 heteroatoms. The van der Waals surface area contributed by atoms with E-state index >= 15 is 0 Å². The highest BCUT2D eigenvalue weighted by atomic mass is 35.5. The van der Waals surface area contributed by atoms with Gasteiger partial charge in [-0.05, 0) is 54.5 Å². The highest BCUT2D eigenvalue weighted by molar-refractivity contribution is 6.30. The Balaban J connectivity index is 1.37. The Morgan fingerprint density at radius 3 is 2.54 bits per heavy atom. The summed E-state index contributed by atoms with van der Waals surface area (Å²) in [6.45, 7) is -0.0144. The van der Waals surface area contributed by atoms with Gasteiger partial charge in [0.2, 0.25) is 0 Å². The number of ether oxygens (including phenoxy) is 2. The summed E-state index contributed by atoms with van der Waals surface area (Å²) in [5.74, 6) is -0.308. The number of esters is 1. The molecule has 0 amide bonds. The van der Waals surface area contributed by atoms with E-state index in [0.717, 1.165) is 0 Å². The lowest BCUT2D eigenvalue weighted by atomic mass is 9.89. The summed E-state index contributed by atoms with van der Waals surface area (Å²) >= 11 is 5.94. The van der Waals surface area contributed by atoms with E-state index in [2.05, 4.69) is 4.84 Å². The maximum atomic E-state index is 12.2. The molecule has 0 saturated heterocycles. The molecule has 2 aromatic carbocycles. The molecule has 1 fully saturated rings. The molecule has 3 rings (SSSR count). The molecule has 1 aliphatic carbocycles. The van der Waals surface area contributed by atoms with Crippen LogP contribution >= 0.6 is 11.6 Å². The first kappa shape index (κ1) is 32.7. The van der Waals surface area contributed by atoms with Crippen molar-refractivity contribution in [2.45, 2.75) is 63.6 Å². The number of carbonyl (C=O) groups excluding carboxylic acids is 1. The van der Waals surface area contributed by atoms with Gasteiger partial charge in [0.15, 0.2) is 0 Å². The number of benzene rings is 2. The van der Waals surface area contributed by atoms with E-state index in [0.29, 0.717) is 41.2 Å². The maximum absolute atomic E-state index is 12.2. The first-order valence-electron chi connectivity index (χ1n) is 13.5. The van der Waals surface area contributed by atoms with E-state index < -0.39 is 18.3 Å². The van der Waals surface area contributed by atoms with Crippen molar-refractivity contribution >= 4 is 17.6 Å². The minimum Gasteiger partial charge on any atom is -0.491 e. The molecule has 0 aromatic heterocycles. The van der Waals surface area contributed by atoms with E-state index in [9.17, 15) is 20.1 Å². The number of hydrogen-bond acceptors (Lipinski definition) is 10. The third-order valence-electron chi connectivity index (χ3n) is 6.86. The summed E-state index contributed by atoms with van der Waals surface area (Å²) in [5.41, 5.74) is 1.36. The van der Waals surface area contributed by atoms with Crippen molar-refractivity contribution in [1.82, 2.24) is 5.39 Å². The Morgan fingerprint density at radius 1 is 1.05 bits per heavy atom. The van der Waals surface area contributed by atoms with Crippen LogP contribution in [0.3, 0.4) is 0 Å². The molecule has 0 unspecified atom stereocenters. The van der Waals surface area contributed by atoms with Crippen LogP contribution in [0, 0.1) is 11.8 Å². The Hall–Kier alpha value is -2.80. The average molecular weight is 592 g/mol. The quantitative estimate of drug-likeness (QED) is 0.0824. The van der Waals surface area contributed by atoms with E-state index in [1.165, 1.54) is 0 Å². The summed E-state index contributed by atoms with van der Waals surface area (Å²) in [5, 5.41) is 48.8. The maximum Gasteiger partial charge on any atom is 0.306 e. The minimum absolute atomic E-state index is 0.0301. The SMILES string of the molecule is O=C(CCC/C=C\C[C@@H]1[C@@H](/C=C/[C@@H](O)COc2cccc(Cl)c2)[C@H](O)C[C@@H]1O)OCc1ccccc1CON(O)O. The van der Waals surface area contributed by atoms with E-state index in [1.54, 1.807) is 60.7 Å². The van der Waals surface area contributed by atoms with Gasteiger partial charge in [-0.25, -0.2) is 4.84 Å². The number of aliphatic hydroxyl groups excluding tert-OH is 3. The molecule has 1 aliphatic rings. The second-order valence-corrected chi connectivity index (χ2v) is 10.3. The summed E-state index contributed by atoms with van der Waals surface area (Å²) in [7, 11) is 0. The zero-order valence-corrected chi connectivity index (χ0v) is 23.4. The van der Waals surface area contributed by atoms with Gasteiger partial charge in [-0.1, -0.05) is 66.2 Å². The second-order valence-electron chi connectivity index (χ2n) is 9.89. The van der Waals surface area contributed by atoms with Crippen LogP contribution in [0.1, 0.15) is 43.2 Å². The lowest BCUT2D eigenvalue weighted by molar-refractivity contribution is -0.497. The first-order valence-corrected chi connectivity index (χ1v) is 13.9. The minimum atomic E-state index is -0.886. The number of aliphatic hydroxyl groups is 3. The van der Waals surface area contributed by atoms with E-state index in [-0.39, 0.29) is 55.9 Å². The molecule has 0 radical (unpaired) electrons. The summed E-state index contributed by atoms with van der Waals surface area (Å²) < 4.78 is 10.9. The Labute approximate surface area is 244 Å². The zero-order valence-electron chi connectivity index (χ0n) is 22.7. The standard InChI is InChI=1S/C30H38ClNO9/c31-23-10-7-11-25(16-23)39-20-24(33)14-15-27-26(28(34)17-29(27)35)12-3-1-2-4-13-30(36)40-18-21-8-5-6-9-22(21)19-41-32(37)38/h1,3,5-11,14-16,24,26-29,33-35,37-38H,2,4,12-13,17-20H2/b3-1-,15-14+/t24-,26-,27-,28+,29-/m1/s1. The van der Waals surface area contributed by atoms with Crippen molar-refractivity contribution in [3.63, 3.8) is 0 Å². The van der Waals surface area contributed by atoms with Gasteiger partial charge in [-0.3, -0.25) is 15.2 Å². The van der Waals surface area contributed by atoms with Crippen LogP contribution in [-0.4, -0.2) is 62.0 Å². The van der Waals surface area contributed by atoms with Crippen molar-refractivity contribution in [2.75, 3.05) is 6.61 Å². The van der Waals surface area contributed by atoms with Crippen molar-refractivity contribution in [2.24, 2.45) is 11.8 Å². The molecular formula is C30H38ClNO9. The van der Waals surface area contributed by atoms with Crippen LogP contribution in [0.15, 0.2) is 72.8 Å². The van der Waals surface area contributed by atoms with E-state index in [4.69, 9.17) is 31.5 Å². The highest BCUT2D eigenvalue weighted by Crippen LogP contribution is 2.36. The first-order chi connectivity index (χ1) is 19.7. The molecule has 0 aliphatic heterocycles. The zero-order chi connectivity index (χ0) is 29.6. The largest absolute Gasteiger partial charge is 0.491 e. The normalized spacial score (nSPS) is 21.6. The van der Waals surface area contributed by atoms with Gasteiger partial charge >= 0.3 is 5.97 Å². The number of halogens is 1. The third kappa shape index (κ3) is 11.5. The number of allylic oxidation sites excluding steroid dienone is 2. The number of nitrogens with zero attached hydrogens (tertiary/aromatic N) is 1. The molecule has 5 atom stereocenters. The Kier molecular flexibility index (Phi) is 13.7. The molecule has 224 valence electrons. The molecule has 0 bridgehead atoms. The Morgan fingerprint density at radius 2 is 1.80 bits per heavy atom. The average Bonchev–Trinajstić information content (AvgIpc) is 3.22. The predicted molar refractivity (Wildman–Crippen MR) is 150 cm³/mol. The monoisotopic (exact) mass is 591 g/mol. The van der Waals surface area contributed by atoms with Crippen molar-refractivity contribution in [3.8, 4) is 5.75 Å². The number of rotatable bonds is 16. The van der Waals surface area contributed by atoms with Gasteiger partial charge in [0.1, 0.15) is 25.1 Å². The van der Waals surface area contributed by atoms with Gasteiger partial charge < -0.3 is 24.8 Å². The van der Waals surface area contributed by atoms with Crippen molar-refractivity contribution in [1.29, 1.82) is 0 Å². The van der Waals surface area contributed by atoms with Crippen LogP contribution in [-0.2, 0) is 27.6 Å². The summed E-state index contributed by atoms with van der Waals surface area (Å²) in [6, 6.07) is 13.9. The molecule has 41 heavy (non-hydrogen) atoms. The molecule has 1 saturated carbocycles. The summed E-state index contributed by atoms with van der Waals surface area (Å²) in [4.78, 5) is 16.8. The second kappa shape index (κ2) is 17.2. The molecule has 2 aromatic rings. The fourth-order valence-corrected chi connectivity index (χ4v) is 4.87. The van der Waals surface area contributed by atoms with Crippen LogP contribution in [0.25, 0.3) is 0 Å².